The molecule has 182 valence electrons. The van der Waals surface area contributed by atoms with E-state index >= 15 is 0 Å². The van der Waals surface area contributed by atoms with Crippen molar-refractivity contribution in [1.29, 1.82) is 0 Å². The molecule has 0 bridgehead atoms. The first-order chi connectivity index (χ1) is 17.5. The van der Waals surface area contributed by atoms with E-state index in [1.807, 2.05) is 43.3 Å². The molecule has 0 saturated carbocycles. The van der Waals surface area contributed by atoms with Gasteiger partial charge in [0.2, 0.25) is 5.95 Å². The zero-order valence-corrected chi connectivity index (χ0v) is 20.4. The maximum atomic E-state index is 13.5. The molecule has 0 aliphatic carbocycles. The second-order valence-electron chi connectivity index (χ2n) is 8.56. The number of aryl methyl sites for hydroxylation is 1. The summed E-state index contributed by atoms with van der Waals surface area (Å²) in [6.45, 7) is 4.43. The molecule has 2 heterocycles. The number of carbonyl (C=O) groups is 1. The number of methoxy groups -OCH3 is 1. The molecular weight excluding hydrogens is 454 g/mol. The lowest BCUT2D eigenvalue weighted by Gasteiger charge is -2.28. The van der Waals surface area contributed by atoms with Crippen LogP contribution >= 0.6 is 0 Å². The number of ether oxygens (including phenoxy) is 2. The number of benzene rings is 3. The first kappa shape index (κ1) is 23.2. The van der Waals surface area contributed by atoms with Crippen molar-refractivity contribution < 1.29 is 14.3 Å². The van der Waals surface area contributed by atoms with Crippen LogP contribution in [0.25, 0.3) is 0 Å². The van der Waals surface area contributed by atoms with Gasteiger partial charge in [0.05, 0.1) is 12.7 Å². The van der Waals surface area contributed by atoms with Gasteiger partial charge in [-0.25, -0.2) is 4.68 Å². The number of hydrogen-bond acceptors (Lipinski definition) is 6. The van der Waals surface area contributed by atoms with Crippen LogP contribution in [0.15, 0.2) is 90.4 Å². The van der Waals surface area contributed by atoms with Crippen molar-refractivity contribution in [3.05, 3.63) is 107 Å². The molecule has 36 heavy (non-hydrogen) atoms. The lowest BCUT2D eigenvalue weighted by Crippen LogP contribution is -2.31. The van der Waals surface area contributed by atoms with Gasteiger partial charge in [0.15, 0.2) is 0 Å². The molecular formula is C28H27N5O3. The van der Waals surface area contributed by atoms with Crippen molar-refractivity contribution >= 4 is 17.5 Å². The van der Waals surface area contributed by atoms with Crippen LogP contribution in [0, 0.1) is 6.92 Å². The summed E-state index contributed by atoms with van der Waals surface area (Å²) in [6, 6.07) is 22.7. The van der Waals surface area contributed by atoms with E-state index in [2.05, 4.69) is 39.8 Å². The first-order valence-corrected chi connectivity index (χ1v) is 11.6. The van der Waals surface area contributed by atoms with Crippen LogP contribution in [0.3, 0.4) is 0 Å². The minimum absolute atomic E-state index is 0.226. The van der Waals surface area contributed by atoms with Gasteiger partial charge in [-0.1, -0.05) is 36.4 Å². The molecule has 0 spiro atoms. The Hall–Kier alpha value is -4.59. The Labute approximate surface area is 209 Å². The minimum Gasteiger partial charge on any atom is -0.497 e. The minimum atomic E-state index is -0.451. The SMILES string of the molecule is COc1ccc(NC(=O)C2=C(C)Nc3ncnn3[C@H]2c2ccc(OCc3ccccc3C)cc2)cc1. The van der Waals surface area contributed by atoms with E-state index in [1.54, 1.807) is 36.1 Å². The summed E-state index contributed by atoms with van der Waals surface area (Å²) >= 11 is 0. The Morgan fingerprint density at radius 2 is 1.72 bits per heavy atom. The molecule has 1 amide bonds. The molecule has 1 aliphatic rings. The largest absolute Gasteiger partial charge is 0.497 e. The van der Waals surface area contributed by atoms with Crippen molar-refractivity contribution in [2.45, 2.75) is 26.5 Å². The second-order valence-corrected chi connectivity index (χ2v) is 8.56. The van der Waals surface area contributed by atoms with Gasteiger partial charge in [-0.3, -0.25) is 4.79 Å². The highest BCUT2D eigenvalue weighted by Crippen LogP contribution is 2.36. The predicted molar refractivity (Wildman–Crippen MR) is 138 cm³/mol. The average molecular weight is 482 g/mol. The molecule has 5 rings (SSSR count). The highest BCUT2D eigenvalue weighted by molar-refractivity contribution is 6.06. The van der Waals surface area contributed by atoms with Gasteiger partial charge in [0.1, 0.15) is 30.5 Å². The number of hydrogen-bond donors (Lipinski definition) is 2. The molecule has 0 unspecified atom stereocenters. The topological polar surface area (TPSA) is 90.3 Å². The van der Waals surface area contributed by atoms with E-state index in [-0.39, 0.29) is 5.91 Å². The fraction of sp³-hybridized carbons (Fsp3) is 0.179. The Kier molecular flexibility index (Phi) is 6.40. The number of fused-ring (bicyclic) bond motifs is 1. The van der Waals surface area contributed by atoms with Gasteiger partial charge in [0.25, 0.3) is 5.91 Å². The van der Waals surface area contributed by atoms with Crippen LogP contribution in [0.1, 0.15) is 29.7 Å². The first-order valence-electron chi connectivity index (χ1n) is 11.6. The van der Waals surface area contributed by atoms with Crippen LogP contribution in [0.2, 0.25) is 0 Å². The zero-order valence-electron chi connectivity index (χ0n) is 20.4. The molecule has 8 heteroatoms. The van der Waals surface area contributed by atoms with Crippen molar-refractivity contribution in [2.24, 2.45) is 0 Å². The number of amides is 1. The van der Waals surface area contributed by atoms with Crippen LogP contribution in [0.4, 0.5) is 11.6 Å². The maximum absolute atomic E-state index is 13.5. The van der Waals surface area contributed by atoms with E-state index in [9.17, 15) is 4.79 Å². The van der Waals surface area contributed by atoms with Gasteiger partial charge in [-0.2, -0.15) is 10.1 Å². The summed E-state index contributed by atoms with van der Waals surface area (Å²) in [5.74, 6) is 1.83. The monoisotopic (exact) mass is 481 g/mol. The van der Waals surface area contributed by atoms with E-state index in [1.165, 1.54) is 11.9 Å². The van der Waals surface area contributed by atoms with Crippen molar-refractivity contribution in [3.63, 3.8) is 0 Å². The van der Waals surface area contributed by atoms with E-state index in [0.717, 1.165) is 22.6 Å². The summed E-state index contributed by atoms with van der Waals surface area (Å²) in [6.07, 6.45) is 1.48. The number of nitrogens with one attached hydrogen (secondary N) is 2. The molecule has 0 saturated heterocycles. The molecule has 1 aromatic heterocycles. The number of rotatable bonds is 7. The summed E-state index contributed by atoms with van der Waals surface area (Å²) < 4.78 is 12.9. The third-order valence-electron chi connectivity index (χ3n) is 6.24. The Morgan fingerprint density at radius 1 is 1.00 bits per heavy atom. The second kappa shape index (κ2) is 9.95. The van der Waals surface area contributed by atoms with Crippen LogP contribution in [0.5, 0.6) is 11.5 Å². The van der Waals surface area contributed by atoms with Crippen molar-refractivity contribution in [2.75, 3.05) is 17.7 Å². The predicted octanol–water partition coefficient (Wildman–Crippen LogP) is 5.10. The van der Waals surface area contributed by atoms with Gasteiger partial charge in [-0.05, 0) is 66.9 Å². The number of carbonyl (C=O) groups excluding carboxylic acids is 1. The Morgan fingerprint density at radius 3 is 2.44 bits per heavy atom. The summed E-state index contributed by atoms with van der Waals surface area (Å²) in [7, 11) is 1.61. The zero-order chi connectivity index (χ0) is 25.1. The van der Waals surface area contributed by atoms with E-state index in [4.69, 9.17) is 9.47 Å². The van der Waals surface area contributed by atoms with Crippen LogP contribution in [-0.2, 0) is 11.4 Å². The highest BCUT2D eigenvalue weighted by Gasteiger charge is 2.33. The lowest BCUT2D eigenvalue weighted by molar-refractivity contribution is -0.113. The molecule has 1 aliphatic heterocycles. The molecule has 8 nitrogen and oxygen atoms in total. The quantitative estimate of drug-likeness (QED) is 0.382. The molecule has 1 atom stereocenters. The molecule has 0 radical (unpaired) electrons. The third-order valence-corrected chi connectivity index (χ3v) is 6.24. The van der Waals surface area contributed by atoms with Gasteiger partial charge in [-0.15, -0.1) is 0 Å². The standard InChI is InChI=1S/C28H27N5O3/c1-18-6-4-5-7-21(18)16-36-24-12-8-20(9-13-24)26-25(19(2)31-28-29-17-30-33(26)28)27(34)32-22-10-14-23(35-3)15-11-22/h4-15,17,26H,16H2,1-3H3,(H,32,34)(H,29,30,31)/t26-/m0/s1. The third kappa shape index (κ3) is 4.65. The Balaban J connectivity index is 1.40. The van der Waals surface area contributed by atoms with Gasteiger partial charge < -0.3 is 20.1 Å². The van der Waals surface area contributed by atoms with Crippen LogP contribution in [-0.4, -0.2) is 27.8 Å². The molecule has 0 fully saturated rings. The number of aromatic nitrogens is 3. The average Bonchev–Trinajstić information content (AvgIpc) is 3.36. The normalized spacial score (nSPS) is 14.6. The van der Waals surface area contributed by atoms with Crippen molar-refractivity contribution in [1.82, 2.24) is 14.8 Å². The van der Waals surface area contributed by atoms with E-state index in [0.29, 0.717) is 29.5 Å². The smallest absolute Gasteiger partial charge is 0.255 e. The van der Waals surface area contributed by atoms with Crippen LogP contribution < -0.4 is 20.1 Å². The fourth-order valence-corrected chi connectivity index (χ4v) is 4.25. The lowest BCUT2D eigenvalue weighted by atomic mass is 9.95. The van der Waals surface area contributed by atoms with E-state index < -0.39 is 6.04 Å². The van der Waals surface area contributed by atoms with Gasteiger partial charge in [0, 0.05) is 11.4 Å². The summed E-state index contributed by atoms with van der Waals surface area (Å²) in [4.78, 5) is 17.8. The molecule has 3 aromatic carbocycles. The number of nitrogens with zero attached hydrogens (tertiary/aromatic N) is 3. The Bertz CT molecular complexity index is 1410. The summed E-state index contributed by atoms with van der Waals surface area (Å²) in [5.41, 5.74) is 5.16. The molecule has 2 N–H and O–H groups in total. The highest BCUT2D eigenvalue weighted by atomic mass is 16.5. The van der Waals surface area contributed by atoms with Crippen molar-refractivity contribution in [3.8, 4) is 11.5 Å². The summed E-state index contributed by atoms with van der Waals surface area (Å²) in [5, 5.41) is 10.6. The number of anilines is 2. The maximum Gasteiger partial charge on any atom is 0.255 e. The van der Waals surface area contributed by atoms with Gasteiger partial charge >= 0.3 is 0 Å². The number of allylic oxidation sites excluding steroid dienone is 1. The molecule has 4 aromatic rings. The fourth-order valence-electron chi connectivity index (χ4n) is 4.25.